The Morgan fingerprint density at radius 2 is 1.93 bits per heavy atom. The Bertz CT molecular complexity index is 1080. The Labute approximate surface area is 172 Å². The second-order valence-corrected chi connectivity index (χ2v) is 7.42. The Kier molecular flexibility index (Phi) is 5.48. The van der Waals surface area contributed by atoms with Crippen molar-refractivity contribution in [1.29, 1.82) is 0 Å². The van der Waals surface area contributed by atoms with Crippen LogP contribution < -0.4 is 10.2 Å². The van der Waals surface area contributed by atoms with E-state index in [1.54, 1.807) is 35.0 Å². The molecular formula is C22H21F3N4O. The molecule has 1 aromatic heterocycles. The second kappa shape index (κ2) is 8.22. The molecule has 3 aromatic rings. The van der Waals surface area contributed by atoms with Crippen molar-refractivity contribution in [3.05, 3.63) is 71.7 Å². The highest BCUT2D eigenvalue weighted by molar-refractivity contribution is 5.95. The van der Waals surface area contributed by atoms with Crippen molar-refractivity contribution in [3.63, 3.8) is 0 Å². The third kappa shape index (κ3) is 4.17. The Hall–Kier alpha value is -3.29. The number of hydrogen-bond acceptors (Lipinski definition) is 3. The van der Waals surface area contributed by atoms with Crippen LogP contribution in [0.1, 0.15) is 23.2 Å². The predicted octanol–water partition coefficient (Wildman–Crippen LogP) is 3.90. The Morgan fingerprint density at radius 3 is 2.63 bits per heavy atom. The highest BCUT2D eigenvalue weighted by atomic mass is 19.1. The Balaban J connectivity index is 1.45. The summed E-state index contributed by atoms with van der Waals surface area (Å²) in [5, 5.41) is 7.06. The van der Waals surface area contributed by atoms with E-state index in [-0.39, 0.29) is 11.6 Å². The zero-order valence-electron chi connectivity index (χ0n) is 16.4. The van der Waals surface area contributed by atoms with Gasteiger partial charge in [-0.15, -0.1) is 0 Å². The molecule has 0 bridgehead atoms. The summed E-state index contributed by atoms with van der Waals surface area (Å²) in [5.41, 5.74) is 1.44. The zero-order valence-corrected chi connectivity index (χ0v) is 16.4. The van der Waals surface area contributed by atoms with Crippen LogP contribution in [0.15, 0.2) is 48.7 Å². The van der Waals surface area contributed by atoms with Crippen LogP contribution in [-0.4, -0.2) is 34.8 Å². The molecule has 2 aromatic carbocycles. The van der Waals surface area contributed by atoms with Crippen molar-refractivity contribution in [3.8, 4) is 11.3 Å². The summed E-state index contributed by atoms with van der Waals surface area (Å²) in [4.78, 5) is 14.4. The molecule has 1 N–H and O–H groups in total. The number of carbonyl (C=O) groups is 1. The number of rotatable bonds is 4. The number of aryl methyl sites for hydroxylation is 1. The van der Waals surface area contributed by atoms with Crippen LogP contribution in [0, 0.1) is 17.5 Å². The van der Waals surface area contributed by atoms with Gasteiger partial charge in [-0.2, -0.15) is 5.10 Å². The number of nitrogens with zero attached hydrogens (tertiary/aromatic N) is 3. The van der Waals surface area contributed by atoms with Crippen molar-refractivity contribution in [1.82, 2.24) is 15.1 Å². The minimum absolute atomic E-state index is 0.0558. The summed E-state index contributed by atoms with van der Waals surface area (Å²) in [6.07, 6.45) is 3.17. The molecule has 30 heavy (non-hydrogen) atoms. The fourth-order valence-corrected chi connectivity index (χ4v) is 3.74. The van der Waals surface area contributed by atoms with Crippen molar-refractivity contribution >= 4 is 11.6 Å². The lowest BCUT2D eigenvalue weighted by Gasteiger charge is -2.35. The van der Waals surface area contributed by atoms with Crippen LogP contribution in [0.3, 0.4) is 0 Å². The first-order chi connectivity index (χ1) is 14.4. The van der Waals surface area contributed by atoms with E-state index in [1.807, 2.05) is 0 Å². The summed E-state index contributed by atoms with van der Waals surface area (Å²) in [6.45, 7) is 0.962. The van der Waals surface area contributed by atoms with Crippen LogP contribution in [-0.2, 0) is 7.05 Å². The van der Waals surface area contributed by atoms with E-state index in [0.717, 1.165) is 12.5 Å². The van der Waals surface area contributed by atoms with Crippen molar-refractivity contribution < 1.29 is 18.0 Å². The predicted molar refractivity (Wildman–Crippen MR) is 108 cm³/mol. The van der Waals surface area contributed by atoms with E-state index in [2.05, 4.69) is 10.4 Å². The fraction of sp³-hybridized carbons (Fsp3) is 0.273. The summed E-state index contributed by atoms with van der Waals surface area (Å²) in [6, 6.07) is 9.32. The normalized spacial score (nSPS) is 16.5. The summed E-state index contributed by atoms with van der Waals surface area (Å²) < 4.78 is 43.5. The monoisotopic (exact) mass is 414 g/mol. The minimum atomic E-state index is -0.641. The van der Waals surface area contributed by atoms with Gasteiger partial charge >= 0.3 is 0 Å². The minimum Gasteiger partial charge on any atom is -0.367 e. The molecule has 0 spiro atoms. The lowest BCUT2D eigenvalue weighted by atomic mass is 10.0. The molecule has 8 heteroatoms. The molecule has 156 valence electrons. The quantitative estimate of drug-likeness (QED) is 0.705. The van der Waals surface area contributed by atoms with Gasteiger partial charge in [-0.1, -0.05) is 6.07 Å². The lowest BCUT2D eigenvalue weighted by Crippen LogP contribution is -2.48. The molecule has 4 rings (SSSR count). The Morgan fingerprint density at radius 1 is 1.10 bits per heavy atom. The fourth-order valence-electron chi connectivity index (χ4n) is 3.74. The maximum absolute atomic E-state index is 14.6. The van der Waals surface area contributed by atoms with Crippen LogP contribution in [0.2, 0.25) is 0 Å². The molecule has 0 radical (unpaired) electrons. The molecule has 1 aliphatic heterocycles. The summed E-state index contributed by atoms with van der Waals surface area (Å²) in [7, 11) is 1.77. The number of hydrogen-bond donors (Lipinski definition) is 1. The van der Waals surface area contributed by atoms with E-state index in [4.69, 9.17) is 0 Å². The molecule has 0 saturated carbocycles. The third-order valence-corrected chi connectivity index (χ3v) is 5.23. The first-order valence-electron chi connectivity index (χ1n) is 9.71. The van der Waals surface area contributed by atoms with Crippen molar-refractivity contribution in [2.24, 2.45) is 7.05 Å². The van der Waals surface area contributed by atoms with Gasteiger partial charge in [-0.05, 0) is 43.2 Å². The number of carbonyl (C=O) groups excluding carboxylic acids is 1. The van der Waals surface area contributed by atoms with Gasteiger partial charge in [-0.25, -0.2) is 13.2 Å². The van der Waals surface area contributed by atoms with E-state index in [9.17, 15) is 18.0 Å². The second-order valence-electron chi connectivity index (χ2n) is 7.42. The average Bonchev–Trinajstić information content (AvgIpc) is 3.14. The van der Waals surface area contributed by atoms with Gasteiger partial charge in [0.05, 0.1) is 16.9 Å². The largest absolute Gasteiger partial charge is 0.367 e. The van der Waals surface area contributed by atoms with Crippen LogP contribution >= 0.6 is 0 Å². The molecule has 1 aliphatic rings. The van der Waals surface area contributed by atoms with Gasteiger partial charge in [0.1, 0.15) is 17.5 Å². The number of piperidine rings is 1. The third-order valence-electron chi connectivity index (χ3n) is 5.23. The molecule has 5 nitrogen and oxygen atoms in total. The SMILES string of the molecule is Cn1ccc(-c2ccc(C(=O)NC3CCCN(c4ccc(F)cc4F)C3)c(F)c2)n1. The standard InChI is InChI=1S/C22H21F3N4O/c1-28-10-8-20(27-28)14-4-6-17(18(24)11-14)22(30)26-16-3-2-9-29(13-16)21-7-5-15(23)12-19(21)25/h4-8,10-12,16H,2-3,9,13H2,1H3,(H,26,30). The number of halogens is 3. The van der Waals surface area contributed by atoms with E-state index >= 15 is 0 Å². The number of amides is 1. The first-order valence-corrected chi connectivity index (χ1v) is 9.71. The maximum atomic E-state index is 14.6. The van der Waals surface area contributed by atoms with Crippen molar-refractivity contribution in [2.45, 2.75) is 18.9 Å². The molecule has 1 fully saturated rings. The molecular weight excluding hydrogens is 393 g/mol. The molecule has 1 saturated heterocycles. The van der Waals surface area contributed by atoms with Crippen LogP contribution in [0.4, 0.5) is 18.9 Å². The molecule has 0 aliphatic carbocycles. The van der Waals surface area contributed by atoms with Gasteiger partial charge < -0.3 is 10.2 Å². The number of anilines is 1. The summed E-state index contributed by atoms with van der Waals surface area (Å²) in [5.74, 6) is -2.43. The average molecular weight is 414 g/mol. The van der Waals surface area contributed by atoms with E-state index in [0.29, 0.717) is 36.5 Å². The molecule has 1 amide bonds. The van der Waals surface area contributed by atoms with Gasteiger partial charge in [0.2, 0.25) is 0 Å². The lowest BCUT2D eigenvalue weighted by molar-refractivity contribution is 0.0929. The zero-order chi connectivity index (χ0) is 21.3. The van der Waals surface area contributed by atoms with Gasteiger partial charge in [0, 0.05) is 44.0 Å². The molecule has 1 unspecified atom stereocenters. The molecule has 2 heterocycles. The van der Waals surface area contributed by atoms with E-state index in [1.165, 1.54) is 24.3 Å². The highest BCUT2D eigenvalue weighted by Crippen LogP contribution is 2.25. The van der Waals surface area contributed by atoms with Crippen LogP contribution in [0.25, 0.3) is 11.3 Å². The van der Waals surface area contributed by atoms with Crippen LogP contribution in [0.5, 0.6) is 0 Å². The number of nitrogens with one attached hydrogen (secondary N) is 1. The van der Waals surface area contributed by atoms with Crippen molar-refractivity contribution in [2.75, 3.05) is 18.0 Å². The maximum Gasteiger partial charge on any atom is 0.254 e. The van der Waals surface area contributed by atoms with Gasteiger partial charge in [0.15, 0.2) is 0 Å². The van der Waals surface area contributed by atoms with Gasteiger partial charge in [0.25, 0.3) is 5.91 Å². The molecule has 1 atom stereocenters. The smallest absolute Gasteiger partial charge is 0.254 e. The summed E-state index contributed by atoms with van der Waals surface area (Å²) >= 11 is 0. The highest BCUT2D eigenvalue weighted by Gasteiger charge is 2.25. The first kappa shape index (κ1) is 20.0. The van der Waals surface area contributed by atoms with Gasteiger partial charge in [-0.3, -0.25) is 9.48 Å². The topological polar surface area (TPSA) is 50.2 Å². The van der Waals surface area contributed by atoms with E-state index < -0.39 is 23.4 Å². The number of benzene rings is 2. The number of aromatic nitrogens is 2.